The average molecular weight is 595 g/mol. The van der Waals surface area contributed by atoms with Gasteiger partial charge < -0.3 is 10.6 Å². The summed E-state index contributed by atoms with van der Waals surface area (Å²) < 4.78 is 0. The predicted molar refractivity (Wildman–Crippen MR) is 189 cm³/mol. The van der Waals surface area contributed by atoms with Crippen LogP contribution in [-0.2, 0) is 10.8 Å². The lowest BCUT2D eigenvalue weighted by molar-refractivity contribution is -0.00518. The molecule has 9 rings (SSSR count). The smallest absolute Gasteiger partial charge is 0.0461 e. The van der Waals surface area contributed by atoms with E-state index in [1.54, 1.807) is 5.56 Å². The molecular weight excluding hydrogens is 544 g/mol. The highest BCUT2D eigenvalue weighted by atomic mass is 15.1. The van der Waals surface area contributed by atoms with Crippen molar-refractivity contribution in [3.8, 4) is 0 Å². The Morgan fingerprint density at radius 3 is 1.62 bits per heavy atom. The third-order valence-corrected chi connectivity index (χ3v) is 12.6. The van der Waals surface area contributed by atoms with Crippen molar-refractivity contribution in [3.63, 3.8) is 0 Å². The number of rotatable bonds is 7. The predicted octanol–water partition coefficient (Wildman–Crippen LogP) is 11.3. The summed E-state index contributed by atoms with van der Waals surface area (Å²) >= 11 is 0. The van der Waals surface area contributed by atoms with E-state index in [1.165, 1.54) is 92.4 Å². The minimum atomic E-state index is 0.00965. The highest BCUT2D eigenvalue weighted by Gasteiger charge is 2.51. The van der Waals surface area contributed by atoms with Crippen molar-refractivity contribution in [1.82, 2.24) is 0 Å². The molecule has 5 saturated carbocycles. The van der Waals surface area contributed by atoms with E-state index >= 15 is 0 Å². The monoisotopic (exact) mass is 594 g/mol. The first kappa shape index (κ1) is 28.9. The van der Waals surface area contributed by atoms with Crippen LogP contribution in [0.1, 0.15) is 94.7 Å². The van der Waals surface area contributed by atoms with Crippen LogP contribution in [0.2, 0.25) is 0 Å². The molecule has 2 atom stereocenters. The largest absolute Gasteiger partial charge is 0.399 e. The summed E-state index contributed by atoms with van der Waals surface area (Å²) in [6, 6.07) is 39.1. The van der Waals surface area contributed by atoms with E-state index < -0.39 is 0 Å². The molecule has 5 aliphatic carbocycles. The van der Waals surface area contributed by atoms with Crippen molar-refractivity contribution >= 4 is 22.7 Å². The van der Waals surface area contributed by atoms with Crippen molar-refractivity contribution in [2.45, 2.75) is 88.9 Å². The number of nitrogens with two attached hydrogens (primary N) is 1. The summed E-state index contributed by atoms with van der Waals surface area (Å²) in [5, 5.41) is 0. The molecule has 232 valence electrons. The molecule has 4 aromatic rings. The molecule has 0 heterocycles. The zero-order valence-electron chi connectivity index (χ0n) is 27.3. The molecule has 5 fully saturated rings. The van der Waals surface area contributed by atoms with E-state index in [0.29, 0.717) is 17.3 Å². The van der Waals surface area contributed by atoms with Crippen LogP contribution in [0.25, 0.3) is 0 Å². The lowest BCUT2D eigenvalue weighted by atomic mass is 9.48. The van der Waals surface area contributed by atoms with Crippen LogP contribution in [0.5, 0.6) is 0 Å². The average Bonchev–Trinajstić information content (AvgIpc) is 3.06. The second-order valence-corrected chi connectivity index (χ2v) is 15.7. The van der Waals surface area contributed by atoms with Crippen molar-refractivity contribution in [3.05, 3.63) is 120 Å². The van der Waals surface area contributed by atoms with Crippen LogP contribution in [-0.4, -0.2) is 0 Å². The number of hydrogen-bond acceptors (Lipinski definition) is 2. The number of nitrogen functional groups attached to an aromatic ring is 1. The molecule has 0 aliphatic heterocycles. The van der Waals surface area contributed by atoms with Crippen LogP contribution in [0.15, 0.2) is 103 Å². The molecule has 2 nitrogen and oxygen atoms in total. The highest BCUT2D eigenvalue weighted by Crippen LogP contribution is 2.61. The summed E-state index contributed by atoms with van der Waals surface area (Å²) in [6.45, 7) is 4.83. The third-order valence-electron chi connectivity index (χ3n) is 12.6. The molecule has 4 bridgehead atoms. The van der Waals surface area contributed by atoms with Crippen LogP contribution < -0.4 is 10.6 Å². The standard InChI is InChI=1S/C43H50N2/c1-30(2)41-10-6-7-23-43(41,35-11-17-37(44)18-12-35)36-15-21-40(22-16-36)45(38-8-4-3-5-9-38)39-19-13-34(14-20-39)42-27-31-24-32(28-42)26-33(25-31)29-42/h3-5,8-9,11-22,30-33,41H,6-7,10,23-29,44H2,1-2H3. The first-order chi connectivity index (χ1) is 21.9. The Labute approximate surface area is 271 Å². The number of anilines is 4. The second kappa shape index (κ2) is 11.4. The second-order valence-electron chi connectivity index (χ2n) is 15.7. The number of benzene rings is 4. The molecule has 0 aromatic heterocycles. The van der Waals surface area contributed by atoms with Crippen LogP contribution in [0.3, 0.4) is 0 Å². The molecule has 0 radical (unpaired) electrons. The minimum absolute atomic E-state index is 0.00965. The van der Waals surface area contributed by atoms with E-state index in [-0.39, 0.29) is 5.41 Å². The first-order valence-corrected chi connectivity index (χ1v) is 17.9. The lowest BCUT2D eigenvalue weighted by Gasteiger charge is -2.57. The Bertz CT molecular complexity index is 1570. The fourth-order valence-electron chi connectivity index (χ4n) is 11.1. The fourth-order valence-corrected chi connectivity index (χ4v) is 11.1. The summed E-state index contributed by atoms with van der Waals surface area (Å²) in [7, 11) is 0. The van der Waals surface area contributed by atoms with Gasteiger partial charge in [-0.3, -0.25) is 0 Å². The quantitative estimate of drug-likeness (QED) is 0.216. The molecule has 0 saturated heterocycles. The Hall–Kier alpha value is -3.52. The van der Waals surface area contributed by atoms with Gasteiger partial charge in [0.1, 0.15) is 0 Å². The summed E-state index contributed by atoms with van der Waals surface area (Å²) in [6.07, 6.45) is 13.8. The van der Waals surface area contributed by atoms with Crippen molar-refractivity contribution in [2.75, 3.05) is 10.6 Å². The molecule has 45 heavy (non-hydrogen) atoms. The Kier molecular flexibility index (Phi) is 7.31. The molecule has 2 N–H and O–H groups in total. The fraction of sp³-hybridized carbons (Fsp3) is 0.442. The van der Waals surface area contributed by atoms with Gasteiger partial charge in [-0.05, 0) is 152 Å². The molecule has 2 heteroatoms. The number of para-hydroxylation sites is 1. The van der Waals surface area contributed by atoms with Gasteiger partial charge in [-0.2, -0.15) is 0 Å². The summed E-state index contributed by atoms with van der Waals surface area (Å²) in [5.74, 6) is 4.10. The molecule has 0 spiro atoms. The summed E-state index contributed by atoms with van der Waals surface area (Å²) in [5.41, 5.74) is 15.6. The van der Waals surface area contributed by atoms with Gasteiger partial charge in [0.15, 0.2) is 0 Å². The zero-order valence-corrected chi connectivity index (χ0v) is 27.3. The first-order valence-electron chi connectivity index (χ1n) is 17.9. The van der Waals surface area contributed by atoms with Crippen LogP contribution >= 0.6 is 0 Å². The summed E-state index contributed by atoms with van der Waals surface area (Å²) in [4.78, 5) is 2.45. The maximum atomic E-state index is 6.17. The molecule has 5 aliphatic rings. The Morgan fingerprint density at radius 1 is 0.600 bits per heavy atom. The van der Waals surface area contributed by atoms with Gasteiger partial charge >= 0.3 is 0 Å². The van der Waals surface area contributed by atoms with Crippen LogP contribution in [0, 0.1) is 29.6 Å². The van der Waals surface area contributed by atoms with Gasteiger partial charge in [-0.15, -0.1) is 0 Å². The number of hydrogen-bond donors (Lipinski definition) is 1. The minimum Gasteiger partial charge on any atom is -0.399 e. The van der Waals surface area contributed by atoms with E-state index in [1.807, 2.05) is 0 Å². The van der Waals surface area contributed by atoms with Gasteiger partial charge in [-0.1, -0.05) is 81.3 Å². The van der Waals surface area contributed by atoms with Gasteiger partial charge in [0.05, 0.1) is 0 Å². The SMILES string of the molecule is CC(C)C1CCCCC1(c1ccc(N)cc1)c1ccc(N(c2ccccc2)c2ccc(C34CC5CC(CC(C5)C3)C4)cc2)cc1. The van der Waals surface area contributed by atoms with Crippen LogP contribution in [0.4, 0.5) is 22.7 Å². The van der Waals surface area contributed by atoms with Gasteiger partial charge in [0.2, 0.25) is 0 Å². The Balaban J connectivity index is 1.16. The van der Waals surface area contributed by atoms with Crippen molar-refractivity contribution < 1.29 is 0 Å². The molecule has 2 unspecified atom stereocenters. The van der Waals surface area contributed by atoms with Crippen molar-refractivity contribution in [1.29, 1.82) is 0 Å². The van der Waals surface area contributed by atoms with E-state index in [4.69, 9.17) is 5.73 Å². The van der Waals surface area contributed by atoms with E-state index in [9.17, 15) is 0 Å². The maximum absolute atomic E-state index is 6.17. The molecule has 0 amide bonds. The van der Waals surface area contributed by atoms with E-state index in [2.05, 4.69) is 122 Å². The number of nitrogens with zero attached hydrogens (tertiary/aromatic N) is 1. The Morgan fingerprint density at radius 2 is 1.09 bits per heavy atom. The third kappa shape index (κ3) is 5.00. The van der Waals surface area contributed by atoms with Crippen molar-refractivity contribution in [2.24, 2.45) is 29.6 Å². The van der Waals surface area contributed by atoms with Gasteiger partial charge in [0.25, 0.3) is 0 Å². The maximum Gasteiger partial charge on any atom is 0.0461 e. The van der Waals surface area contributed by atoms with E-state index in [0.717, 1.165) is 23.4 Å². The normalized spacial score (nSPS) is 30.5. The van der Waals surface area contributed by atoms with Gasteiger partial charge in [0, 0.05) is 28.2 Å². The zero-order chi connectivity index (χ0) is 30.6. The van der Waals surface area contributed by atoms with Gasteiger partial charge in [-0.25, -0.2) is 0 Å². The molecule has 4 aromatic carbocycles. The molecular formula is C43H50N2. The highest BCUT2D eigenvalue weighted by molar-refractivity contribution is 5.77. The topological polar surface area (TPSA) is 29.3 Å². The lowest BCUT2D eigenvalue weighted by Crippen LogP contribution is -2.48.